The van der Waals surface area contributed by atoms with Gasteiger partial charge in [-0.15, -0.1) is 0 Å². The fraction of sp³-hybridized carbons (Fsp3) is 0.357. The molecule has 0 radical (unpaired) electrons. The van der Waals surface area contributed by atoms with Gasteiger partial charge in [0.2, 0.25) is 0 Å². The summed E-state index contributed by atoms with van der Waals surface area (Å²) in [5, 5.41) is 8.28. The zero-order valence-electron chi connectivity index (χ0n) is 12.4. The Morgan fingerprint density at radius 3 is 1.80 bits per heavy atom. The maximum Gasteiger partial charge on any atom is 0.435 e. The van der Waals surface area contributed by atoms with Gasteiger partial charge in [0, 0.05) is 18.0 Å². The summed E-state index contributed by atoms with van der Waals surface area (Å²) in [6.07, 6.45) is -9.89. The van der Waals surface area contributed by atoms with Crippen molar-refractivity contribution in [2.24, 2.45) is 0 Å². The van der Waals surface area contributed by atoms with E-state index >= 15 is 0 Å². The summed E-state index contributed by atoms with van der Waals surface area (Å²) in [5.41, 5.74) is -7.17. The first-order valence-electron chi connectivity index (χ1n) is 6.57. The molecule has 0 aliphatic carbocycles. The van der Waals surface area contributed by atoms with Gasteiger partial charge in [-0.05, 0) is 24.1 Å². The van der Waals surface area contributed by atoms with Gasteiger partial charge in [0.05, 0.1) is 15.7 Å². The van der Waals surface area contributed by atoms with Crippen LogP contribution in [0, 0.1) is 5.41 Å². The van der Waals surface area contributed by atoms with E-state index in [0.717, 1.165) is 6.21 Å². The van der Waals surface area contributed by atoms with E-state index in [2.05, 4.69) is 5.32 Å². The number of nitrogens with one attached hydrogen (secondary N) is 2. The van der Waals surface area contributed by atoms with Crippen molar-refractivity contribution >= 4 is 35.1 Å². The van der Waals surface area contributed by atoms with Gasteiger partial charge in [-0.25, -0.2) is 4.39 Å². The standard InChI is InChI=1S/C14H11Cl2F7N2/c1-2-7(5-24)6-25-11-9(15)3-8(4-10(11)16)12(17,13(18,19)20)14(21,22)23/h3-6,24-25H,2H2,1H3/b7-6-,24-5?. The van der Waals surface area contributed by atoms with Gasteiger partial charge in [0.25, 0.3) is 0 Å². The molecule has 1 rings (SSSR count). The molecule has 0 aliphatic rings. The first-order valence-corrected chi connectivity index (χ1v) is 7.33. The summed E-state index contributed by atoms with van der Waals surface area (Å²) in [6, 6.07) is 0.418. The average Bonchev–Trinajstić information content (AvgIpc) is 2.46. The topological polar surface area (TPSA) is 35.9 Å². The van der Waals surface area contributed by atoms with Crippen LogP contribution < -0.4 is 5.32 Å². The van der Waals surface area contributed by atoms with E-state index in [1.54, 1.807) is 6.92 Å². The normalized spacial score (nSPS) is 13.8. The predicted molar refractivity (Wildman–Crippen MR) is 82.1 cm³/mol. The molecule has 0 aromatic heterocycles. The number of anilines is 1. The second-order valence-electron chi connectivity index (χ2n) is 4.83. The summed E-state index contributed by atoms with van der Waals surface area (Å²) in [5.74, 6) is 0. The van der Waals surface area contributed by atoms with E-state index in [0.29, 0.717) is 12.0 Å². The van der Waals surface area contributed by atoms with Crippen molar-refractivity contribution < 1.29 is 30.7 Å². The largest absolute Gasteiger partial charge is 0.435 e. The smallest absolute Gasteiger partial charge is 0.359 e. The third-order valence-corrected chi connectivity index (χ3v) is 3.81. The molecule has 25 heavy (non-hydrogen) atoms. The van der Waals surface area contributed by atoms with Crippen LogP contribution in [-0.2, 0) is 5.67 Å². The molecule has 2 N–H and O–H groups in total. The molecule has 0 heterocycles. The van der Waals surface area contributed by atoms with E-state index in [1.807, 2.05) is 0 Å². The van der Waals surface area contributed by atoms with E-state index in [4.69, 9.17) is 28.6 Å². The molecule has 0 fully saturated rings. The summed E-state index contributed by atoms with van der Waals surface area (Å²) < 4.78 is 90.6. The molecule has 0 bridgehead atoms. The molecule has 0 saturated heterocycles. The number of hydrogen-bond donors (Lipinski definition) is 2. The Balaban J connectivity index is 3.47. The summed E-state index contributed by atoms with van der Waals surface area (Å²) >= 11 is 11.4. The zero-order chi connectivity index (χ0) is 19.6. The van der Waals surface area contributed by atoms with Crippen LogP contribution >= 0.6 is 23.2 Å². The van der Waals surface area contributed by atoms with Crippen molar-refractivity contribution in [1.29, 1.82) is 5.41 Å². The highest BCUT2D eigenvalue weighted by molar-refractivity contribution is 6.39. The van der Waals surface area contributed by atoms with E-state index < -0.39 is 33.6 Å². The van der Waals surface area contributed by atoms with Crippen LogP contribution in [0.25, 0.3) is 0 Å². The first kappa shape index (κ1) is 21.6. The van der Waals surface area contributed by atoms with Crippen LogP contribution in [-0.4, -0.2) is 18.6 Å². The molecule has 11 heteroatoms. The fourth-order valence-corrected chi connectivity index (χ4v) is 2.40. The van der Waals surface area contributed by atoms with Gasteiger partial charge in [-0.3, -0.25) is 0 Å². The van der Waals surface area contributed by atoms with Crippen molar-refractivity contribution in [1.82, 2.24) is 0 Å². The third kappa shape index (κ3) is 4.20. The Morgan fingerprint density at radius 1 is 1.04 bits per heavy atom. The first-order chi connectivity index (χ1) is 11.3. The van der Waals surface area contributed by atoms with Crippen LogP contribution in [0.15, 0.2) is 23.9 Å². The fourth-order valence-electron chi connectivity index (χ4n) is 1.81. The molecular formula is C14H11Cl2F7N2. The molecule has 2 nitrogen and oxygen atoms in total. The van der Waals surface area contributed by atoms with Crippen molar-refractivity contribution in [3.63, 3.8) is 0 Å². The Bertz CT molecular complexity index is 644. The lowest BCUT2D eigenvalue weighted by molar-refractivity contribution is -0.348. The molecule has 1 aromatic rings. The Labute approximate surface area is 148 Å². The Hall–Kier alpha value is -1.48. The predicted octanol–water partition coefficient (Wildman–Crippen LogP) is 6.64. The highest BCUT2D eigenvalue weighted by Crippen LogP contribution is 2.54. The zero-order valence-corrected chi connectivity index (χ0v) is 13.9. The highest BCUT2D eigenvalue weighted by atomic mass is 35.5. The van der Waals surface area contributed by atoms with E-state index in [9.17, 15) is 30.7 Å². The van der Waals surface area contributed by atoms with Crippen LogP contribution in [0.1, 0.15) is 18.9 Å². The van der Waals surface area contributed by atoms with Gasteiger partial charge < -0.3 is 10.7 Å². The molecule has 140 valence electrons. The van der Waals surface area contributed by atoms with Crippen molar-refractivity contribution in [2.75, 3.05) is 5.32 Å². The van der Waals surface area contributed by atoms with Crippen molar-refractivity contribution in [3.05, 3.63) is 39.5 Å². The van der Waals surface area contributed by atoms with Crippen LogP contribution in [0.3, 0.4) is 0 Å². The molecule has 0 atom stereocenters. The van der Waals surface area contributed by atoms with Crippen molar-refractivity contribution in [2.45, 2.75) is 31.4 Å². The molecular weight excluding hydrogens is 400 g/mol. The summed E-state index contributed by atoms with van der Waals surface area (Å²) in [4.78, 5) is 0. The molecule has 0 saturated carbocycles. The molecule has 0 aliphatic heterocycles. The van der Waals surface area contributed by atoms with Crippen molar-refractivity contribution in [3.8, 4) is 0 Å². The number of hydrogen-bond acceptors (Lipinski definition) is 2. The maximum absolute atomic E-state index is 14.0. The second kappa shape index (κ2) is 7.41. The summed E-state index contributed by atoms with van der Waals surface area (Å²) in [7, 11) is 0. The van der Waals surface area contributed by atoms with Crippen LogP contribution in [0.5, 0.6) is 0 Å². The minimum absolute atomic E-state index is 0.209. The lowest BCUT2D eigenvalue weighted by Gasteiger charge is -2.30. The van der Waals surface area contributed by atoms with E-state index in [1.165, 1.54) is 6.20 Å². The Morgan fingerprint density at radius 2 is 1.48 bits per heavy atom. The number of allylic oxidation sites excluding steroid dienone is 1. The minimum Gasteiger partial charge on any atom is -0.359 e. The lowest BCUT2D eigenvalue weighted by atomic mass is 9.94. The molecule has 0 amide bonds. The quantitative estimate of drug-likeness (QED) is 0.414. The van der Waals surface area contributed by atoms with Gasteiger partial charge in [-0.1, -0.05) is 30.1 Å². The molecule has 0 unspecified atom stereocenters. The second-order valence-corrected chi connectivity index (χ2v) is 5.64. The number of alkyl halides is 7. The molecule has 1 aromatic carbocycles. The number of halogens is 9. The van der Waals surface area contributed by atoms with Gasteiger partial charge in [0.15, 0.2) is 0 Å². The Kier molecular flexibility index (Phi) is 6.39. The van der Waals surface area contributed by atoms with Gasteiger partial charge in [-0.2, -0.15) is 26.3 Å². The highest BCUT2D eigenvalue weighted by Gasteiger charge is 2.73. The lowest BCUT2D eigenvalue weighted by Crippen LogP contribution is -2.50. The minimum atomic E-state index is -6.26. The number of rotatable bonds is 5. The van der Waals surface area contributed by atoms with Gasteiger partial charge >= 0.3 is 18.0 Å². The van der Waals surface area contributed by atoms with Crippen LogP contribution in [0.4, 0.5) is 36.4 Å². The van der Waals surface area contributed by atoms with E-state index in [-0.39, 0.29) is 17.8 Å². The monoisotopic (exact) mass is 410 g/mol. The number of benzene rings is 1. The average molecular weight is 411 g/mol. The van der Waals surface area contributed by atoms with Gasteiger partial charge in [0.1, 0.15) is 0 Å². The summed E-state index contributed by atoms with van der Waals surface area (Å²) in [6.45, 7) is 1.70. The van der Waals surface area contributed by atoms with Crippen LogP contribution in [0.2, 0.25) is 10.0 Å². The molecule has 0 spiro atoms. The maximum atomic E-state index is 14.0. The third-order valence-electron chi connectivity index (χ3n) is 3.22. The SMILES string of the molecule is CC/C(C=N)=C/Nc1c(Cl)cc(C(F)(C(F)(F)F)C(F)(F)F)cc1Cl.